The van der Waals surface area contributed by atoms with Gasteiger partial charge in [0.1, 0.15) is 0 Å². The predicted octanol–water partition coefficient (Wildman–Crippen LogP) is 6.41. The maximum Gasteiger partial charge on any atom is 0.417 e. The number of pyridine rings is 2. The van der Waals surface area contributed by atoms with E-state index in [-0.39, 0.29) is 28.1 Å². The van der Waals surface area contributed by atoms with E-state index in [2.05, 4.69) is 9.97 Å². The molecule has 0 unspecified atom stereocenters. The third-order valence-corrected chi connectivity index (χ3v) is 5.71. The Morgan fingerprint density at radius 3 is 2.45 bits per heavy atom. The molecule has 0 aliphatic heterocycles. The fourth-order valence-corrected chi connectivity index (χ4v) is 4.15. The highest BCUT2D eigenvalue weighted by Gasteiger charge is 2.37. The largest absolute Gasteiger partial charge is 0.480 e. The number of rotatable bonds is 4. The molecule has 7 heteroatoms. The Kier molecular flexibility index (Phi) is 5.08. The van der Waals surface area contributed by atoms with Crippen molar-refractivity contribution in [1.29, 1.82) is 0 Å². The molecule has 3 nitrogen and oxygen atoms in total. The van der Waals surface area contributed by atoms with Crippen molar-refractivity contribution in [3.63, 3.8) is 0 Å². The lowest BCUT2D eigenvalue weighted by Gasteiger charge is -2.18. The van der Waals surface area contributed by atoms with E-state index >= 15 is 0 Å². The van der Waals surface area contributed by atoms with Gasteiger partial charge in [0, 0.05) is 22.2 Å². The Labute approximate surface area is 169 Å². The van der Waals surface area contributed by atoms with Crippen LogP contribution in [-0.4, -0.2) is 17.1 Å². The molecule has 148 valence electrons. The smallest absolute Gasteiger partial charge is 0.417 e. The Hall–Kier alpha value is -2.80. The first kappa shape index (κ1) is 19.5. The molecule has 0 N–H and O–H groups in total. The van der Waals surface area contributed by atoms with E-state index in [9.17, 15) is 13.2 Å². The Bertz CT molecular complexity index is 1190. The number of aryl methyl sites for hydroxylation is 1. The molecule has 0 saturated carbocycles. The molecule has 0 atom stereocenters. The maximum atomic E-state index is 14.2. The second-order valence-corrected chi connectivity index (χ2v) is 7.67. The van der Waals surface area contributed by atoms with Crippen LogP contribution in [0.25, 0.3) is 21.8 Å². The van der Waals surface area contributed by atoms with Crippen LogP contribution in [0.4, 0.5) is 13.2 Å². The van der Waals surface area contributed by atoms with Gasteiger partial charge in [0.25, 0.3) is 0 Å². The number of nitrogens with zero attached hydrogens (tertiary/aromatic N) is 2. The fourth-order valence-electron chi connectivity index (χ4n) is 3.28. The molecule has 4 rings (SSSR count). The lowest BCUT2D eigenvalue weighted by Crippen LogP contribution is -2.12. The van der Waals surface area contributed by atoms with Gasteiger partial charge in [0.05, 0.1) is 29.1 Å². The van der Waals surface area contributed by atoms with Gasteiger partial charge in [-0.15, -0.1) is 11.8 Å². The first-order chi connectivity index (χ1) is 13.9. The van der Waals surface area contributed by atoms with E-state index in [4.69, 9.17) is 4.74 Å². The number of alkyl halides is 3. The summed E-state index contributed by atoms with van der Waals surface area (Å²) in [6.07, 6.45) is -3.25. The van der Waals surface area contributed by atoms with Crippen molar-refractivity contribution in [2.45, 2.75) is 23.7 Å². The zero-order valence-corrected chi connectivity index (χ0v) is 16.6. The lowest BCUT2D eigenvalue weighted by molar-refractivity contribution is -0.136. The highest BCUT2D eigenvalue weighted by Crippen LogP contribution is 2.43. The molecule has 0 saturated heterocycles. The van der Waals surface area contributed by atoms with Gasteiger partial charge in [-0.3, -0.25) is 4.98 Å². The van der Waals surface area contributed by atoms with Gasteiger partial charge in [0.2, 0.25) is 5.88 Å². The summed E-state index contributed by atoms with van der Waals surface area (Å²) < 4.78 is 47.7. The molecule has 0 aliphatic carbocycles. The van der Waals surface area contributed by atoms with Crippen LogP contribution in [0.15, 0.2) is 59.6 Å². The molecular formula is C22H17F3N2OS. The van der Waals surface area contributed by atoms with Crippen molar-refractivity contribution in [2.24, 2.45) is 0 Å². The number of hydrogen-bond acceptors (Lipinski definition) is 4. The van der Waals surface area contributed by atoms with Crippen molar-refractivity contribution in [3.05, 3.63) is 71.4 Å². The van der Waals surface area contributed by atoms with E-state index in [0.29, 0.717) is 10.9 Å². The van der Waals surface area contributed by atoms with E-state index in [1.165, 1.54) is 25.1 Å². The summed E-state index contributed by atoms with van der Waals surface area (Å²) in [6.45, 7) is 1.97. The number of thioether (sulfide) groups is 1. The van der Waals surface area contributed by atoms with Crippen LogP contribution in [0.1, 0.15) is 16.7 Å². The van der Waals surface area contributed by atoms with Crippen LogP contribution in [0, 0.1) is 6.92 Å². The summed E-state index contributed by atoms with van der Waals surface area (Å²) in [6, 6.07) is 14.7. The van der Waals surface area contributed by atoms with Gasteiger partial charge in [-0.25, -0.2) is 4.98 Å². The number of halogens is 3. The number of ether oxygens (including phenoxy) is 1. The Morgan fingerprint density at radius 2 is 1.76 bits per heavy atom. The summed E-state index contributed by atoms with van der Waals surface area (Å²) in [4.78, 5) is 9.58. The number of fused-ring (bicyclic) bond motifs is 3. The normalized spacial score (nSPS) is 11.9. The van der Waals surface area contributed by atoms with E-state index < -0.39 is 11.7 Å². The molecule has 2 aromatic heterocycles. The van der Waals surface area contributed by atoms with Crippen LogP contribution < -0.4 is 4.74 Å². The minimum Gasteiger partial charge on any atom is -0.480 e. The van der Waals surface area contributed by atoms with E-state index in [1.54, 1.807) is 24.3 Å². The molecule has 0 radical (unpaired) electrons. The first-order valence-corrected chi connectivity index (χ1v) is 9.88. The SMILES string of the molecule is COc1nc2ccccc2c2ncc(CSc3ccc(C)cc3)c(C(F)(F)F)c12. The highest BCUT2D eigenvalue weighted by atomic mass is 32.2. The first-order valence-electron chi connectivity index (χ1n) is 8.89. The average molecular weight is 414 g/mol. The number of hydrogen-bond donors (Lipinski definition) is 0. The van der Waals surface area contributed by atoms with Gasteiger partial charge < -0.3 is 4.74 Å². The van der Waals surface area contributed by atoms with E-state index in [0.717, 1.165) is 10.5 Å². The third kappa shape index (κ3) is 3.74. The van der Waals surface area contributed by atoms with Gasteiger partial charge in [-0.2, -0.15) is 13.2 Å². The molecule has 0 spiro atoms. The third-order valence-electron chi connectivity index (χ3n) is 4.64. The van der Waals surface area contributed by atoms with Gasteiger partial charge >= 0.3 is 6.18 Å². The quantitative estimate of drug-likeness (QED) is 0.285. The summed E-state index contributed by atoms with van der Waals surface area (Å²) in [5, 5.41) is 0.465. The lowest BCUT2D eigenvalue weighted by atomic mass is 10.0. The molecule has 2 aromatic carbocycles. The monoisotopic (exact) mass is 414 g/mol. The molecule has 29 heavy (non-hydrogen) atoms. The molecule has 0 bridgehead atoms. The minimum absolute atomic E-state index is 0.0688. The van der Waals surface area contributed by atoms with Crippen LogP contribution >= 0.6 is 11.8 Å². The molecule has 4 aromatic rings. The summed E-state index contributed by atoms with van der Waals surface area (Å²) in [5.41, 5.74) is 1.24. The van der Waals surface area contributed by atoms with Gasteiger partial charge in [-0.05, 0) is 30.7 Å². The second-order valence-electron chi connectivity index (χ2n) is 6.62. The zero-order valence-electron chi connectivity index (χ0n) is 15.7. The Balaban J connectivity index is 1.91. The van der Waals surface area contributed by atoms with Crippen LogP contribution in [0.2, 0.25) is 0 Å². The minimum atomic E-state index is -4.57. The van der Waals surface area contributed by atoms with Crippen LogP contribution in [0.5, 0.6) is 5.88 Å². The number of aromatic nitrogens is 2. The maximum absolute atomic E-state index is 14.2. The van der Waals surface area contributed by atoms with Crippen LogP contribution in [0.3, 0.4) is 0 Å². The average Bonchev–Trinajstić information content (AvgIpc) is 2.71. The topological polar surface area (TPSA) is 35.0 Å². The molecule has 0 amide bonds. The number of methoxy groups -OCH3 is 1. The number of para-hydroxylation sites is 1. The van der Waals surface area contributed by atoms with Crippen molar-refractivity contribution in [2.75, 3.05) is 7.11 Å². The molecular weight excluding hydrogens is 397 g/mol. The summed E-state index contributed by atoms with van der Waals surface area (Å²) in [7, 11) is 1.32. The van der Waals surface area contributed by atoms with Crippen molar-refractivity contribution in [1.82, 2.24) is 9.97 Å². The molecule has 0 aliphatic rings. The van der Waals surface area contributed by atoms with Crippen molar-refractivity contribution in [3.8, 4) is 5.88 Å². The predicted molar refractivity (Wildman–Crippen MR) is 109 cm³/mol. The van der Waals surface area contributed by atoms with Crippen molar-refractivity contribution < 1.29 is 17.9 Å². The van der Waals surface area contributed by atoms with Crippen molar-refractivity contribution >= 4 is 33.6 Å². The highest BCUT2D eigenvalue weighted by molar-refractivity contribution is 7.98. The summed E-state index contributed by atoms with van der Waals surface area (Å²) in [5.74, 6) is 0.0670. The van der Waals surface area contributed by atoms with Crippen LogP contribution in [-0.2, 0) is 11.9 Å². The fraction of sp³-hybridized carbons (Fsp3) is 0.182. The number of benzene rings is 2. The standard InChI is InChI=1S/C22H17F3N2OS/c1-13-7-9-15(10-8-13)29-12-14-11-26-20-16-5-3-4-6-17(16)27-21(28-2)18(20)19(14)22(23,24)25/h3-11H,12H2,1-2H3. The summed E-state index contributed by atoms with van der Waals surface area (Å²) >= 11 is 1.34. The molecule has 0 fully saturated rings. The second kappa shape index (κ2) is 7.55. The Morgan fingerprint density at radius 1 is 1.03 bits per heavy atom. The van der Waals surface area contributed by atoms with E-state index in [1.807, 2.05) is 31.2 Å². The zero-order chi connectivity index (χ0) is 20.6. The molecule has 2 heterocycles. The van der Waals surface area contributed by atoms with Gasteiger partial charge in [0.15, 0.2) is 0 Å². The van der Waals surface area contributed by atoms with Gasteiger partial charge in [-0.1, -0.05) is 35.9 Å².